The molecule has 0 amide bonds. The van der Waals surface area contributed by atoms with E-state index in [2.05, 4.69) is 15.0 Å². The highest BCUT2D eigenvalue weighted by atomic mass is 32.2. The molecule has 4 heterocycles. The summed E-state index contributed by atoms with van der Waals surface area (Å²) in [5.41, 5.74) is 3.20. The van der Waals surface area contributed by atoms with E-state index in [4.69, 9.17) is 14.7 Å². The van der Waals surface area contributed by atoms with Gasteiger partial charge in [0.05, 0.1) is 16.3 Å². The smallest absolute Gasteiger partial charge is 0.223 e. The number of benzene rings is 2. The Morgan fingerprint density at radius 3 is 2.47 bits per heavy atom. The molecule has 0 aliphatic carbocycles. The monoisotopic (exact) mass is 529 g/mol. The van der Waals surface area contributed by atoms with Gasteiger partial charge in [0.25, 0.3) is 0 Å². The minimum Gasteiger partial charge on any atom is -0.435 e. The van der Waals surface area contributed by atoms with Gasteiger partial charge < -0.3 is 9.72 Å². The van der Waals surface area contributed by atoms with E-state index < -0.39 is 21.1 Å². The van der Waals surface area contributed by atoms with Crippen LogP contribution in [0.2, 0.25) is 0 Å². The third kappa shape index (κ3) is 3.83. The van der Waals surface area contributed by atoms with Crippen molar-refractivity contribution in [3.05, 3.63) is 89.8 Å². The molecule has 0 radical (unpaired) electrons. The summed E-state index contributed by atoms with van der Waals surface area (Å²) in [7, 11) is -3.31. The number of rotatable bonds is 5. The predicted molar refractivity (Wildman–Crippen MR) is 140 cm³/mol. The molecule has 6 rings (SSSR count). The Kier molecular flexibility index (Phi) is 5.53. The molecule has 10 heteroatoms. The molecular weight excluding hydrogens is 505 g/mol. The first-order chi connectivity index (χ1) is 18.2. The molecule has 0 saturated carbocycles. The molecule has 1 unspecified atom stereocenters. The highest BCUT2D eigenvalue weighted by Crippen LogP contribution is 2.52. The van der Waals surface area contributed by atoms with Gasteiger partial charge in [0.15, 0.2) is 32.7 Å². The first-order valence-corrected chi connectivity index (χ1v) is 13.8. The van der Waals surface area contributed by atoms with Crippen LogP contribution in [0.4, 0.5) is 4.39 Å². The van der Waals surface area contributed by atoms with Crippen molar-refractivity contribution in [2.24, 2.45) is 0 Å². The van der Waals surface area contributed by atoms with Crippen molar-refractivity contribution in [1.29, 1.82) is 0 Å². The van der Waals surface area contributed by atoms with E-state index >= 15 is 4.39 Å². The van der Waals surface area contributed by atoms with E-state index in [0.717, 1.165) is 11.1 Å². The van der Waals surface area contributed by atoms with Crippen LogP contribution in [0.15, 0.2) is 71.9 Å². The van der Waals surface area contributed by atoms with Crippen LogP contribution in [0, 0.1) is 5.82 Å². The van der Waals surface area contributed by atoms with Gasteiger partial charge in [0, 0.05) is 40.4 Å². The number of pyridine rings is 1. The van der Waals surface area contributed by atoms with Crippen LogP contribution >= 0.6 is 0 Å². The van der Waals surface area contributed by atoms with E-state index in [1.807, 2.05) is 32.0 Å². The summed E-state index contributed by atoms with van der Waals surface area (Å²) in [5.74, 6) is 0.259. The fourth-order valence-electron chi connectivity index (χ4n) is 5.00. The fourth-order valence-corrected chi connectivity index (χ4v) is 5.89. The average molecular weight is 530 g/mol. The fraction of sp³-hybridized carbons (Fsp3) is 0.214. The molecule has 8 nitrogen and oxygen atoms in total. The highest BCUT2D eigenvalue weighted by molar-refractivity contribution is 7.91. The van der Waals surface area contributed by atoms with Crippen molar-refractivity contribution < 1.29 is 17.5 Å². The number of imidazole rings is 1. The molecule has 1 aliphatic heterocycles. The van der Waals surface area contributed by atoms with E-state index in [-0.39, 0.29) is 28.2 Å². The molecule has 0 spiro atoms. The van der Waals surface area contributed by atoms with Gasteiger partial charge in [-0.3, -0.25) is 0 Å². The number of H-pyrrole nitrogens is 1. The maximum atomic E-state index is 15.1. The summed E-state index contributed by atoms with van der Waals surface area (Å²) < 4.78 is 45.5. The molecule has 0 fully saturated rings. The topological polar surface area (TPSA) is 111 Å². The lowest BCUT2D eigenvalue weighted by atomic mass is 9.69. The van der Waals surface area contributed by atoms with Gasteiger partial charge in [-0.25, -0.2) is 32.7 Å². The van der Waals surface area contributed by atoms with E-state index in [1.54, 1.807) is 49.6 Å². The summed E-state index contributed by atoms with van der Waals surface area (Å²) in [6.07, 6.45) is 3.19. The molecule has 1 atom stereocenters. The quantitative estimate of drug-likeness (QED) is 0.317. The zero-order valence-corrected chi connectivity index (χ0v) is 21.8. The second-order valence-corrected chi connectivity index (χ2v) is 12.0. The van der Waals surface area contributed by atoms with Gasteiger partial charge in [-0.05, 0) is 24.3 Å². The van der Waals surface area contributed by atoms with Gasteiger partial charge in [0.1, 0.15) is 5.82 Å². The molecule has 2 aromatic carbocycles. The van der Waals surface area contributed by atoms with Crippen LogP contribution in [0.3, 0.4) is 0 Å². The van der Waals surface area contributed by atoms with Crippen LogP contribution in [0.25, 0.3) is 22.6 Å². The zero-order valence-electron chi connectivity index (χ0n) is 20.9. The van der Waals surface area contributed by atoms with Crippen molar-refractivity contribution in [3.8, 4) is 22.9 Å². The molecule has 0 saturated heterocycles. The SMILES string of the molecule is CCS(=O)(=O)c1ccc(-c2ccc3c(n2)Oc2c(F)cccc2C3C(C)(C)c2nc3nccnc3[nH]2)cc1. The third-order valence-electron chi connectivity index (χ3n) is 7.06. The third-order valence-corrected chi connectivity index (χ3v) is 8.81. The van der Waals surface area contributed by atoms with Gasteiger partial charge in [-0.2, -0.15) is 0 Å². The number of hydrogen-bond acceptors (Lipinski definition) is 7. The number of nitrogens with zero attached hydrogens (tertiary/aromatic N) is 4. The van der Waals surface area contributed by atoms with Gasteiger partial charge in [0.2, 0.25) is 5.88 Å². The second kappa shape index (κ2) is 8.70. The molecule has 192 valence electrons. The summed E-state index contributed by atoms with van der Waals surface area (Å²) >= 11 is 0. The number of aromatic amines is 1. The largest absolute Gasteiger partial charge is 0.435 e. The lowest BCUT2D eigenvalue weighted by Gasteiger charge is -2.37. The Labute approximate surface area is 218 Å². The molecule has 1 N–H and O–H groups in total. The minimum atomic E-state index is -3.31. The van der Waals surface area contributed by atoms with Crippen LogP contribution in [-0.2, 0) is 15.3 Å². The van der Waals surface area contributed by atoms with Crippen LogP contribution < -0.4 is 4.74 Å². The molecular formula is C28H24FN5O3S. The maximum absolute atomic E-state index is 15.1. The highest BCUT2D eigenvalue weighted by Gasteiger charge is 2.43. The number of para-hydroxylation sites is 1. The standard InChI is InChI=1S/C28H24FN5O3S/c1-4-38(35,36)17-10-8-16(9-11-17)21-13-12-19-22(18-6-5-7-20(29)23(18)37-26(19)32-21)28(2,3)27-33-24-25(34-27)31-15-14-30-24/h5-15,22H,4H2,1-3H3,(H,30,31,33,34). The number of nitrogens with one attached hydrogen (secondary N) is 1. The first-order valence-electron chi connectivity index (χ1n) is 12.2. The number of sulfone groups is 1. The maximum Gasteiger partial charge on any atom is 0.223 e. The van der Waals surface area contributed by atoms with E-state index in [9.17, 15) is 8.42 Å². The van der Waals surface area contributed by atoms with Crippen molar-refractivity contribution in [2.45, 2.75) is 37.0 Å². The van der Waals surface area contributed by atoms with Crippen LogP contribution in [0.5, 0.6) is 11.6 Å². The van der Waals surface area contributed by atoms with E-state index in [1.165, 1.54) is 6.07 Å². The summed E-state index contributed by atoms with van der Waals surface area (Å²) in [6, 6.07) is 15.2. The van der Waals surface area contributed by atoms with Crippen molar-refractivity contribution in [1.82, 2.24) is 24.9 Å². The Morgan fingerprint density at radius 1 is 0.974 bits per heavy atom. The Bertz CT molecular complexity index is 1770. The minimum absolute atomic E-state index is 0.0246. The number of fused-ring (bicyclic) bond motifs is 3. The van der Waals surface area contributed by atoms with Gasteiger partial charge in [-0.15, -0.1) is 0 Å². The molecule has 0 bridgehead atoms. The lowest BCUT2D eigenvalue weighted by molar-refractivity contribution is 0.353. The summed E-state index contributed by atoms with van der Waals surface area (Å²) in [6.45, 7) is 5.67. The Balaban J connectivity index is 1.47. The van der Waals surface area contributed by atoms with Gasteiger partial charge in [-0.1, -0.05) is 51.1 Å². The number of halogens is 1. The van der Waals surface area contributed by atoms with Gasteiger partial charge >= 0.3 is 0 Å². The van der Waals surface area contributed by atoms with Crippen LogP contribution in [-0.4, -0.2) is 39.1 Å². The number of hydrogen-bond donors (Lipinski definition) is 1. The molecule has 5 aromatic rings. The first kappa shape index (κ1) is 24.2. The summed E-state index contributed by atoms with van der Waals surface area (Å²) in [4.78, 5) is 21.6. The lowest BCUT2D eigenvalue weighted by Crippen LogP contribution is -2.32. The summed E-state index contributed by atoms with van der Waals surface area (Å²) in [5, 5.41) is 0. The number of ether oxygens (including phenoxy) is 1. The van der Waals surface area contributed by atoms with Crippen molar-refractivity contribution in [3.63, 3.8) is 0 Å². The van der Waals surface area contributed by atoms with E-state index in [0.29, 0.717) is 28.4 Å². The Morgan fingerprint density at radius 2 is 1.74 bits per heavy atom. The Hall–Kier alpha value is -4.18. The molecule has 1 aliphatic rings. The average Bonchev–Trinajstić information content (AvgIpc) is 3.37. The zero-order chi connectivity index (χ0) is 26.7. The predicted octanol–water partition coefficient (Wildman–Crippen LogP) is 5.56. The number of aromatic nitrogens is 5. The second-order valence-electron chi connectivity index (χ2n) is 9.75. The van der Waals surface area contributed by atoms with Crippen molar-refractivity contribution in [2.75, 3.05) is 5.75 Å². The van der Waals surface area contributed by atoms with Crippen LogP contribution in [0.1, 0.15) is 43.6 Å². The molecule has 38 heavy (non-hydrogen) atoms. The van der Waals surface area contributed by atoms with Crippen molar-refractivity contribution >= 4 is 21.1 Å². The normalized spacial score (nSPS) is 15.1. The molecule has 3 aromatic heterocycles.